The van der Waals surface area contributed by atoms with Crippen LogP contribution in [0.25, 0.3) is 5.69 Å². The molecule has 1 aromatic carbocycles. The van der Waals surface area contributed by atoms with Crippen molar-refractivity contribution < 1.29 is 26.4 Å². The summed E-state index contributed by atoms with van der Waals surface area (Å²) in [6, 6.07) is 7.37. The number of nitrogens with zero attached hydrogens (tertiary/aromatic N) is 3. The third kappa shape index (κ3) is 4.66. The highest BCUT2D eigenvalue weighted by molar-refractivity contribution is 7.91. The molecular weight excluding hydrogens is 429 g/mol. The van der Waals surface area contributed by atoms with Gasteiger partial charge in [0.1, 0.15) is 4.21 Å². The first-order valence-electron chi connectivity index (χ1n) is 8.10. The molecule has 0 radical (unpaired) electrons. The number of carbonyl (C=O) groups is 1. The van der Waals surface area contributed by atoms with Crippen molar-refractivity contribution in [3.63, 3.8) is 0 Å². The predicted molar refractivity (Wildman–Crippen MR) is 101 cm³/mol. The molecule has 0 aliphatic heterocycles. The van der Waals surface area contributed by atoms with Crippen molar-refractivity contribution in [1.29, 1.82) is 0 Å². The summed E-state index contributed by atoms with van der Waals surface area (Å²) in [5.74, 6) is -0.791. The van der Waals surface area contributed by atoms with Crippen LogP contribution in [0.4, 0.5) is 18.9 Å². The van der Waals surface area contributed by atoms with Crippen LogP contribution < -0.4 is 5.32 Å². The number of aromatic nitrogens is 2. The van der Waals surface area contributed by atoms with Gasteiger partial charge in [-0.15, -0.1) is 11.3 Å². The van der Waals surface area contributed by atoms with Gasteiger partial charge in [0.05, 0.1) is 23.5 Å². The molecule has 0 fully saturated rings. The number of thiophene rings is 1. The molecule has 0 saturated carbocycles. The second-order valence-corrected chi connectivity index (χ2v) is 9.14. The summed E-state index contributed by atoms with van der Waals surface area (Å²) in [5.41, 5.74) is -0.890. The van der Waals surface area contributed by atoms with Gasteiger partial charge in [-0.1, -0.05) is 6.07 Å². The third-order valence-electron chi connectivity index (χ3n) is 3.88. The quantitative estimate of drug-likeness (QED) is 0.633. The Bertz CT molecular complexity index is 1100. The molecule has 2 aromatic heterocycles. The van der Waals surface area contributed by atoms with E-state index in [0.29, 0.717) is 0 Å². The zero-order valence-electron chi connectivity index (χ0n) is 14.9. The topological polar surface area (TPSA) is 84.3 Å². The van der Waals surface area contributed by atoms with Gasteiger partial charge >= 0.3 is 6.18 Å². The summed E-state index contributed by atoms with van der Waals surface area (Å²) >= 11 is 0.997. The van der Waals surface area contributed by atoms with E-state index in [1.807, 2.05) is 0 Å². The lowest BCUT2D eigenvalue weighted by atomic mass is 10.1. The van der Waals surface area contributed by atoms with E-state index in [-0.39, 0.29) is 15.6 Å². The van der Waals surface area contributed by atoms with Crippen molar-refractivity contribution in [2.45, 2.75) is 10.4 Å². The van der Waals surface area contributed by atoms with Gasteiger partial charge in [0.15, 0.2) is 0 Å². The standard InChI is InChI=1S/C17H15F3N4O3S2/c1-23(29(26,27)16-4-2-9-28-16)11-15(25)22-13-10-12(17(18,19)20)5-6-14(13)24-8-3-7-21-24/h2-10H,11H2,1H3,(H,22,25). The highest BCUT2D eigenvalue weighted by Crippen LogP contribution is 2.33. The molecule has 0 unspecified atom stereocenters. The highest BCUT2D eigenvalue weighted by Gasteiger charge is 2.31. The van der Waals surface area contributed by atoms with Gasteiger partial charge in [-0.3, -0.25) is 4.79 Å². The van der Waals surface area contributed by atoms with Gasteiger partial charge in [-0.05, 0) is 35.7 Å². The Kier molecular flexibility index (Phi) is 5.78. The number of nitrogens with one attached hydrogen (secondary N) is 1. The molecule has 29 heavy (non-hydrogen) atoms. The summed E-state index contributed by atoms with van der Waals surface area (Å²) in [4.78, 5) is 12.4. The average Bonchev–Trinajstić information content (AvgIpc) is 3.35. The predicted octanol–water partition coefficient (Wildman–Crippen LogP) is 3.21. The van der Waals surface area contributed by atoms with E-state index in [4.69, 9.17) is 0 Å². The fourth-order valence-corrected chi connectivity index (χ4v) is 4.79. The Balaban J connectivity index is 1.85. The first-order chi connectivity index (χ1) is 13.6. The number of halogens is 3. The molecule has 12 heteroatoms. The third-order valence-corrected chi connectivity index (χ3v) is 7.05. The SMILES string of the molecule is CN(CC(=O)Nc1cc(C(F)(F)F)ccc1-n1cccn1)S(=O)(=O)c1cccs1. The summed E-state index contributed by atoms with van der Waals surface area (Å²) in [6.45, 7) is -0.574. The van der Waals surface area contributed by atoms with Crippen LogP contribution >= 0.6 is 11.3 Å². The minimum absolute atomic E-state index is 0.0594. The maximum atomic E-state index is 13.1. The van der Waals surface area contributed by atoms with E-state index < -0.39 is 34.2 Å². The van der Waals surface area contributed by atoms with Crippen LogP contribution in [0.3, 0.4) is 0 Å². The molecule has 0 aliphatic rings. The number of likely N-dealkylation sites (N-methyl/N-ethyl adjacent to an activating group) is 1. The Morgan fingerprint density at radius 2 is 2.03 bits per heavy atom. The van der Waals surface area contributed by atoms with Crippen molar-refractivity contribution >= 4 is 33.0 Å². The van der Waals surface area contributed by atoms with E-state index >= 15 is 0 Å². The number of hydrogen-bond donors (Lipinski definition) is 1. The first kappa shape index (κ1) is 21.0. The smallest absolute Gasteiger partial charge is 0.323 e. The second kappa shape index (κ2) is 7.97. The van der Waals surface area contributed by atoms with Crippen LogP contribution in [-0.4, -0.2) is 42.0 Å². The maximum absolute atomic E-state index is 13.1. The van der Waals surface area contributed by atoms with E-state index in [2.05, 4.69) is 10.4 Å². The molecule has 1 N–H and O–H groups in total. The molecule has 3 rings (SSSR count). The molecule has 0 saturated heterocycles. The van der Waals surface area contributed by atoms with Gasteiger partial charge in [0.25, 0.3) is 10.0 Å². The first-order valence-corrected chi connectivity index (χ1v) is 10.4. The van der Waals surface area contributed by atoms with Gasteiger partial charge in [-0.2, -0.15) is 22.6 Å². The van der Waals surface area contributed by atoms with Crippen LogP contribution in [0.1, 0.15) is 5.56 Å². The number of alkyl halides is 3. The van der Waals surface area contributed by atoms with Crippen molar-refractivity contribution in [3.05, 3.63) is 59.7 Å². The second-order valence-electron chi connectivity index (χ2n) is 5.92. The van der Waals surface area contributed by atoms with Crippen molar-refractivity contribution in [3.8, 4) is 5.69 Å². The summed E-state index contributed by atoms with van der Waals surface area (Å²) in [6.07, 6.45) is -1.67. The zero-order chi connectivity index (χ0) is 21.2. The monoisotopic (exact) mass is 444 g/mol. The van der Waals surface area contributed by atoms with Crippen molar-refractivity contribution in [1.82, 2.24) is 14.1 Å². The van der Waals surface area contributed by atoms with Crippen LogP contribution in [0.2, 0.25) is 0 Å². The Labute approximate surface area is 168 Å². The Morgan fingerprint density at radius 3 is 2.62 bits per heavy atom. The van der Waals surface area contributed by atoms with E-state index in [1.54, 1.807) is 17.5 Å². The van der Waals surface area contributed by atoms with Crippen LogP contribution in [0.15, 0.2) is 58.4 Å². The molecule has 1 amide bonds. The number of carbonyl (C=O) groups excluding carboxylic acids is 1. The van der Waals surface area contributed by atoms with Gasteiger partial charge in [0.2, 0.25) is 5.91 Å². The summed E-state index contributed by atoms with van der Waals surface area (Å²) < 4.78 is 66.3. The molecular formula is C17H15F3N4O3S2. The van der Waals surface area contributed by atoms with Crippen LogP contribution in [-0.2, 0) is 21.0 Å². The minimum Gasteiger partial charge on any atom is -0.323 e. The molecule has 3 aromatic rings. The number of amides is 1. The number of rotatable bonds is 6. The molecule has 7 nitrogen and oxygen atoms in total. The van der Waals surface area contributed by atoms with E-state index in [1.165, 1.54) is 36.3 Å². The fourth-order valence-electron chi connectivity index (χ4n) is 2.46. The fraction of sp³-hybridized carbons (Fsp3) is 0.176. The van der Waals surface area contributed by atoms with Crippen molar-refractivity contribution in [2.75, 3.05) is 18.9 Å². The summed E-state index contributed by atoms with van der Waals surface area (Å²) in [7, 11) is -2.66. The number of anilines is 1. The molecule has 0 aliphatic carbocycles. The van der Waals surface area contributed by atoms with Crippen LogP contribution in [0, 0.1) is 0 Å². The molecule has 154 valence electrons. The lowest BCUT2D eigenvalue weighted by Gasteiger charge is -2.18. The largest absolute Gasteiger partial charge is 0.416 e. The van der Waals surface area contributed by atoms with Crippen molar-refractivity contribution in [2.24, 2.45) is 0 Å². The Hall–Kier alpha value is -2.70. The van der Waals surface area contributed by atoms with Gasteiger partial charge in [-0.25, -0.2) is 13.1 Å². The number of hydrogen-bond acceptors (Lipinski definition) is 5. The highest BCUT2D eigenvalue weighted by atomic mass is 32.2. The molecule has 2 heterocycles. The summed E-state index contributed by atoms with van der Waals surface area (Å²) in [5, 5.41) is 7.90. The molecule has 0 bridgehead atoms. The average molecular weight is 444 g/mol. The normalized spacial score (nSPS) is 12.3. The van der Waals surface area contributed by atoms with Gasteiger partial charge in [0, 0.05) is 19.4 Å². The minimum atomic E-state index is -4.61. The van der Waals surface area contributed by atoms with E-state index in [9.17, 15) is 26.4 Å². The lowest BCUT2D eigenvalue weighted by Crippen LogP contribution is -2.34. The molecule has 0 atom stereocenters. The zero-order valence-corrected chi connectivity index (χ0v) is 16.6. The lowest BCUT2D eigenvalue weighted by molar-refractivity contribution is -0.137. The Morgan fingerprint density at radius 1 is 1.28 bits per heavy atom. The van der Waals surface area contributed by atoms with E-state index in [0.717, 1.165) is 27.8 Å². The maximum Gasteiger partial charge on any atom is 0.416 e. The van der Waals surface area contributed by atoms with Crippen LogP contribution in [0.5, 0.6) is 0 Å². The number of benzene rings is 1. The van der Waals surface area contributed by atoms with Gasteiger partial charge < -0.3 is 5.32 Å². The molecule has 0 spiro atoms. The number of sulfonamides is 1.